The molecule has 0 amide bonds. The van der Waals surface area contributed by atoms with E-state index in [1.54, 1.807) is 0 Å². The summed E-state index contributed by atoms with van der Waals surface area (Å²) in [6, 6.07) is 6.75. The molecule has 1 saturated carbocycles. The molecule has 0 unspecified atom stereocenters. The molecule has 1 fully saturated rings. The van der Waals surface area contributed by atoms with Gasteiger partial charge in [-0.25, -0.2) is 4.98 Å². The lowest BCUT2D eigenvalue weighted by molar-refractivity contribution is 0.462. The highest BCUT2D eigenvalue weighted by atomic mass is 15.3. The van der Waals surface area contributed by atoms with E-state index in [9.17, 15) is 0 Å². The zero-order chi connectivity index (χ0) is 18.3. The number of nitrogens with two attached hydrogens (primary N) is 1. The van der Waals surface area contributed by atoms with E-state index >= 15 is 0 Å². The molecule has 1 aliphatic carbocycles. The third-order valence-corrected chi connectivity index (χ3v) is 5.46. The molecular formula is C20H26N6. The summed E-state index contributed by atoms with van der Waals surface area (Å²) in [5, 5.41) is 9.19. The van der Waals surface area contributed by atoms with E-state index < -0.39 is 0 Å². The molecule has 2 aromatic heterocycles. The molecule has 1 aromatic carbocycles. The van der Waals surface area contributed by atoms with Crippen molar-refractivity contribution in [2.45, 2.75) is 52.0 Å². The molecule has 136 valence electrons. The summed E-state index contributed by atoms with van der Waals surface area (Å²) < 4.78 is 1.93. The Balaban J connectivity index is 1.81. The van der Waals surface area contributed by atoms with Crippen LogP contribution >= 0.6 is 0 Å². The molecule has 0 bridgehead atoms. The minimum absolute atomic E-state index is 0.317. The number of hydrogen-bond donors (Lipinski definition) is 2. The number of aromatic nitrogens is 4. The van der Waals surface area contributed by atoms with Gasteiger partial charge in [-0.15, -0.1) is 0 Å². The first-order valence-electron chi connectivity index (χ1n) is 9.37. The fourth-order valence-electron chi connectivity index (χ4n) is 4.04. The van der Waals surface area contributed by atoms with Crippen molar-refractivity contribution in [3.63, 3.8) is 0 Å². The molecule has 26 heavy (non-hydrogen) atoms. The molecule has 0 radical (unpaired) electrons. The van der Waals surface area contributed by atoms with Crippen LogP contribution in [0.5, 0.6) is 0 Å². The zero-order valence-corrected chi connectivity index (χ0v) is 15.7. The lowest BCUT2D eigenvalue weighted by atomic mass is 9.95. The highest BCUT2D eigenvalue weighted by Crippen LogP contribution is 2.32. The molecular weight excluding hydrogens is 324 g/mol. The number of aryl methyl sites for hydroxylation is 2. The first-order chi connectivity index (χ1) is 12.5. The molecule has 0 atom stereocenters. The molecule has 0 aliphatic heterocycles. The van der Waals surface area contributed by atoms with E-state index in [0.717, 1.165) is 33.7 Å². The van der Waals surface area contributed by atoms with Gasteiger partial charge in [0.1, 0.15) is 5.82 Å². The molecule has 6 heteroatoms. The molecule has 1 aliphatic rings. The van der Waals surface area contributed by atoms with Crippen LogP contribution in [0.25, 0.3) is 22.0 Å². The minimum Gasteiger partial charge on any atom is -0.368 e. The number of benzene rings is 1. The monoisotopic (exact) mass is 350 g/mol. The quantitative estimate of drug-likeness (QED) is 0.747. The van der Waals surface area contributed by atoms with Crippen LogP contribution in [0.15, 0.2) is 18.2 Å². The number of anilines is 2. The number of nitrogens with one attached hydrogen (secondary N) is 1. The van der Waals surface area contributed by atoms with Crippen LogP contribution in [0.1, 0.15) is 43.5 Å². The van der Waals surface area contributed by atoms with Crippen molar-refractivity contribution in [2.75, 3.05) is 11.1 Å². The van der Waals surface area contributed by atoms with Crippen molar-refractivity contribution < 1.29 is 0 Å². The zero-order valence-electron chi connectivity index (χ0n) is 15.7. The molecule has 6 nitrogen and oxygen atoms in total. The van der Waals surface area contributed by atoms with Crippen LogP contribution in [0.3, 0.4) is 0 Å². The third kappa shape index (κ3) is 3.00. The van der Waals surface area contributed by atoms with Crippen molar-refractivity contribution in [3.05, 3.63) is 29.6 Å². The fraction of sp³-hybridized carbons (Fsp3) is 0.450. The topological polar surface area (TPSA) is 81.7 Å². The van der Waals surface area contributed by atoms with Gasteiger partial charge < -0.3 is 11.1 Å². The average molecular weight is 350 g/mol. The van der Waals surface area contributed by atoms with Gasteiger partial charge >= 0.3 is 0 Å². The Morgan fingerprint density at radius 2 is 1.88 bits per heavy atom. The Kier molecular flexibility index (Phi) is 4.26. The Labute approximate surface area is 153 Å². The summed E-state index contributed by atoms with van der Waals surface area (Å²) in [5.41, 5.74) is 11.3. The molecule has 3 N–H and O–H groups in total. The summed E-state index contributed by atoms with van der Waals surface area (Å²) in [7, 11) is 1.98. The van der Waals surface area contributed by atoms with E-state index in [1.807, 2.05) is 24.7 Å². The van der Waals surface area contributed by atoms with Gasteiger partial charge in [0.15, 0.2) is 0 Å². The lowest BCUT2D eigenvalue weighted by Gasteiger charge is -2.24. The number of nitrogens with zero attached hydrogens (tertiary/aromatic N) is 4. The summed E-state index contributed by atoms with van der Waals surface area (Å²) in [6.07, 6.45) is 6.25. The number of hydrogen-bond acceptors (Lipinski definition) is 5. The van der Waals surface area contributed by atoms with Crippen molar-refractivity contribution in [3.8, 4) is 11.1 Å². The summed E-state index contributed by atoms with van der Waals surface area (Å²) in [4.78, 5) is 8.94. The van der Waals surface area contributed by atoms with Gasteiger partial charge in [0, 0.05) is 29.7 Å². The maximum Gasteiger partial charge on any atom is 0.222 e. The van der Waals surface area contributed by atoms with Gasteiger partial charge in [0.25, 0.3) is 0 Å². The van der Waals surface area contributed by atoms with Gasteiger partial charge in [0.05, 0.1) is 11.2 Å². The van der Waals surface area contributed by atoms with Gasteiger partial charge in [-0.05, 0) is 44.4 Å². The lowest BCUT2D eigenvalue weighted by Crippen LogP contribution is -2.23. The molecule has 4 rings (SSSR count). The number of nitrogen functional groups attached to an aromatic ring is 1. The molecule has 0 spiro atoms. The van der Waals surface area contributed by atoms with Gasteiger partial charge in [-0.1, -0.05) is 25.3 Å². The van der Waals surface area contributed by atoms with Crippen LogP contribution < -0.4 is 11.1 Å². The largest absolute Gasteiger partial charge is 0.368 e. The summed E-state index contributed by atoms with van der Waals surface area (Å²) in [5.74, 6) is 1.16. The van der Waals surface area contributed by atoms with Crippen LogP contribution in [-0.2, 0) is 7.05 Å². The van der Waals surface area contributed by atoms with Gasteiger partial charge in [-0.2, -0.15) is 10.1 Å². The van der Waals surface area contributed by atoms with Crippen molar-refractivity contribution in [2.24, 2.45) is 7.05 Å². The fourth-order valence-corrected chi connectivity index (χ4v) is 4.04. The Bertz CT molecular complexity index is 953. The van der Waals surface area contributed by atoms with E-state index in [-0.39, 0.29) is 0 Å². The standard InChI is InChI=1S/C20H26N6/c1-12-18(13(2)26(3)25-12)14-9-10-17-16(11-14)19(24-20(21)23-17)22-15-7-5-4-6-8-15/h9-11,15H,4-8H2,1-3H3,(H3,21,22,23,24). The van der Waals surface area contributed by atoms with Crippen LogP contribution in [0, 0.1) is 13.8 Å². The van der Waals surface area contributed by atoms with Crippen LogP contribution in [0.2, 0.25) is 0 Å². The third-order valence-electron chi connectivity index (χ3n) is 5.46. The normalized spacial score (nSPS) is 15.5. The maximum absolute atomic E-state index is 5.95. The second kappa shape index (κ2) is 6.59. The van der Waals surface area contributed by atoms with E-state index in [1.165, 1.54) is 37.7 Å². The average Bonchev–Trinajstić information content (AvgIpc) is 2.88. The van der Waals surface area contributed by atoms with Crippen LogP contribution in [-0.4, -0.2) is 25.8 Å². The highest BCUT2D eigenvalue weighted by molar-refractivity contribution is 5.94. The second-order valence-corrected chi connectivity index (χ2v) is 7.31. The highest BCUT2D eigenvalue weighted by Gasteiger charge is 2.17. The van der Waals surface area contributed by atoms with E-state index in [4.69, 9.17) is 5.73 Å². The van der Waals surface area contributed by atoms with E-state index in [0.29, 0.717) is 12.0 Å². The summed E-state index contributed by atoms with van der Waals surface area (Å²) >= 11 is 0. The minimum atomic E-state index is 0.317. The first kappa shape index (κ1) is 16.8. The predicted octanol–water partition coefficient (Wildman–Crippen LogP) is 3.97. The smallest absolute Gasteiger partial charge is 0.222 e. The Hall–Kier alpha value is -2.63. The van der Waals surface area contributed by atoms with Crippen molar-refractivity contribution >= 4 is 22.7 Å². The Morgan fingerprint density at radius 3 is 2.58 bits per heavy atom. The number of fused-ring (bicyclic) bond motifs is 1. The number of rotatable bonds is 3. The molecule has 0 saturated heterocycles. The predicted molar refractivity (Wildman–Crippen MR) is 106 cm³/mol. The molecule has 2 heterocycles. The first-order valence-corrected chi connectivity index (χ1v) is 9.37. The summed E-state index contributed by atoms with van der Waals surface area (Å²) in [6.45, 7) is 4.15. The van der Waals surface area contributed by atoms with Crippen molar-refractivity contribution in [1.82, 2.24) is 19.7 Å². The van der Waals surface area contributed by atoms with Gasteiger partial charge in [0.2, 0.25) is 5.95 Å². The van der Waals surface area contributed by atoms with E-state index in [2.05, 4.69) is 39.4 Å². The second-order valence-electron chi connectivity index (χ2n) is 7.31. The Morgan fingerprint density at radius 1 is 1.12 bits per heavy atom. The SMILES string of the molecule is Cc1nn(C)c(C)c1-c1ccc2nc(N)nc(NC3CCCCC3)c2c1. The maximum atomic E-state index is 5.95. The van der Waals surface area contributed by atoms with Crippen molar-refractivity contribution in [1.29, 1.82) is 0 Å². The van der Waals surface area contributed by atoms with Crippen LogP contribution in [0.4, 0.5) is 11.8 Å². The van der Waals surface area contributed by atoms with Gasteiger partial charge in [-0.3, -0.25) is 4.68 Å². The molecule has 3 aromatic rings.